The first-order valence-corrected chi connectivity index (χ1v) is 5.94. The smallest absolute Gasteiger partial charge is 0.303 e. The summed E-state index contributed by atoms with van der Waals surface area (Å²) in [7, 11) is -3.12. The molecule has 1 saturated heterocycles. The SMILES string of the molecule is CS(=O)(=O)N1CCC1CCC(=O)O. The van der Waals surface area contributed by atoms with Crippen LogP contribution in [-0.2, 0) is 14.8 Å². The number of hydrogen-bond acceptors (Lipinski definition) is 3. The lowest BCUT2D eigenvalue weighted by Crippen LogP contribution is -2.50. The summed E-state index contributed by atoms with van der Waals surface area (Å²) < 4.78 is 23.5. The van der Waals surface area contributed by atoms with Gasteiger partial charge in [0.2, 0.25) is 10.0 Å². The largest absolute Gasteiger partial charge is 0.481 e. The molecule has 76 valence electrons. The molecule has 0 radical (unpaired) electrons. The van der Waals surface area contributed by atoms with E-state index in [4.69, 9.17) is 5.11 Å². The first-order valence-electron chi connectivity index (χ1n) is 4.10. The summed E-state index contributed by atoms with van der Waals surface area (Å²) in [6.07, 6.45) is 2.39. The second kappa shape index (κ2) is 3.63. The monoisotopic (exact) mass is 207 g/mol. The summed E-state index contributed by atoms with van der Waals surface area (Å²) in [5.41, 5.74) is 0. The molecule has 0 aromatic heterocycles. The summed E-state index contributed by atoms with van der Waals surface area (Å²) in [4.78, 5) is 10.2. The minimum Gasteiger partial charge on any atom is -0.481 e. The van der Waals surface area contributed by atoms with Crippen molar-refractivity contribution in [3.63, 3.8) is 0 Å². The van der Waals surface area contributed by atoms with Crippen molar-refractivity contribution in [2.45, 2.75) is 25.3 Å². The summed E-state index contributed by atoms with van der Waals surface area (Å²) >= 11 is 0. The van der Waals surface area contributed by atoms with Crippen molar-refractivity contribution >= 4 is 16.0 Å². The molecule has 1 aliphatic rings. The van der Waals surface area contributed by atoms with Crippen LogP contribution < -0.4 is 0 Å². The number of nitrogens with zero attached hydrogens (tertiary/aromatic N) is 1. The molecule has 13 heavy (non-hydrogen) atoms. The summed E-state index contributed by atoms with van der Waals surface area (Å²) in [6, 6.07) is -0.0916. The molecule has 0 aliphatic carbocycles. The van der Waals surface area contributed by atoms with Gasteiger partial charge in [-0.3, -0.25) is 4.79 Å². The molecular weight excluding hydrogens is 194 g/mol. The number of aliphatic carboxylic acids is 1. The van der Waals surface area contributed by atoms with Crippen molar-refractivity contribution in [1.82, 2.24) is 4.31 Å². The van der Waals surface area contributed by atoms with Crippen molar-refractivity contribution in [2.75, 3.05) is 12.8 Å². The van der Waals surface area contributed by atoms with Crippen LogP contribution in [0, 0.1) is 0 Å². The zero-order valence-electron chi connectivity index (χ0n) is 7.43. The van der Waals surface area contributed by atoms with Gasteiger partial charge in [-0.25, -0.2) is 8.42 Å². The van der Waals surface area contributed by atoms with Gasteiger partial charge < -0.3 is 5.11 Å². The van der Waals surface area contributed by atoms with E-state index < -0.39 is 16.0 Å². The molecule has 1 atom stereocenters. The fourth-order valence-corrected chi connectivity index (χ4v) is 2.62. The van der Waals surface area contributed by atoms with Crippen molar-refractivity contribution in [2.24, 2.45) is 0 Å². The molecule has 1 aliphatic heterocycles. The number of hydrogen-bond donors (Lipinski definition) is 1. The summed E-state index contributed by atoms with van der Waals surface area (Å²) in [5.74, 6) is -0.875. The first kappa shape index (κ1) is 10.5. The average Bonchev–Trinajstić information content (AvgIpc) is 1.79. The molecule has 1 heterocycles. The van der Waals surface area contributed by atoms with Crippen LogP contribution in [0.1, 0.15) is 19.3 Å². The van der Waals surface area contributed by atoms with Crippen LogP contribution in [0.15, 0.2) is 0 Å². The molecule has 0 bridgehead atoms. The van der Waals surface area contributed by atoms with E-state index in [0.29, 0.717) is 13.0 Å². The maximum atomic E-state index is 11.0. The second-order valence-corrected chi connectivity index (χ2v) is 5.18. The van der Waals surface area contributed by atoms with Gasteiger partial charge in [-0.15, -0.1) is 0 Å². The van der Waals surface area contributed by atoms with Crippen molar-refractivity contribution in [3.05, 3.63) is 0 Å². The van der Waals surface area contributed by atoms with Crippen molar-refractivity contribution in [1.29, 1.82) is 0 Å². The van der Waals surface area contributed by atoms with E-state index in [1.165, 1.54) is 4.31 Å². The Bertz CT molecular complexity index is 298. The number of carboxylic acids is 1. The molecule has 5 nitrogen and oxygen atoms in total. The maximum absolute atomic E-state index is 11.0. The third-order valence-corrected chi connectivity index (χ3v) is 3.54. The normalized spacial score (nSPS) is 23.9. The highest BCUT2D eigenvalue weighted by Gasteiger charge is 2.34. The predicted octanol–water partition coefficient (Wildman–Crippen LogP) is -0.115. The van der Waals surface area contributed by atoms with Gasteiger partial charge in [-0.1, -0.05) is 0 Å². The standard InChI is InChI=1S/C7H13NO4S/c1-13(11,12)8-5-4-6(8)2-3-7(9)10/h6H,2-5H2,1H3,(H,9,10). The van der Waals surface area contributed by atoms with E-state index in [-0.39, 0.29) is 12.5 Å². The van der Waals surface area contributed by atoms with Crippen LogP contribution in [0.25, 0.3) is 0 Å². The fraction of sp³-hybridized carbons (Fsp3) is 0.857. The molecular formula is C7H13NO4S. The van der Waals surface area contributed by atoms with Crippen molar-refractivity contribution in [3.8, 4) is 0 Å². The zero-order valence-corrected chi connectivity index (χ0v) is 8.25. The maximum Gasteiger partial charge on any atom is 0.303 e. The van der Waals surface area contributed by atoms with Crippen LogP contribution in [-0.4, -0.2) is 42.6 Å². The van der Waals surface area contributed by atoms with E-state index in [0.717, 1.165) is 12.7 Å². The van der Waals surface area contributed by atoms with E-state index in [1.807, 2.05) is 0 Å². The Kier molecular flexibility index (Phi) is 2.92. The molecule has 1 unspecified atom stereocenters. The molecule has 1 rings (SSSR count). The van der Waals surface area contributed by atoms with Crippen molar-refractivity contribution < 1.29 is 18.3 Å². The lowest BCUT2D eigenvalue weighted by Gasteiger charge is -2.38. The van der Waals surface area contributed by atoms with Gasteiger partial charge in [-0.2, -0.15) is 4.31 Å². The quantitative estimate of drug-likeness (QED) is 0.697. The molecule has 0 saturated carbocycles. The molecule has 0 aromatic carbocycles. The second-order valence-electron chi connectivity index (χ2n) is 3.25. The Morgan fingerprint density at radius 2 is 2.23 bits per heavy atom. The van der Waals surface area contributed by atoms with Crippen LogP contribution in [0.3, 0.4) is 0 Å². The van der Waals surface area contributed by atoms with Gasteiger partial charge in [-0.05, 0) is 12.8 Å². The minimum atomic E-state index is -3.12. The number of rotatable bonds is 4. The highest BCUT2D eigenvalue weighted by molar-refractivity contribution is 7.88. The Labute approximate surface area is 77.4 Å². The van der Waals surface area contributed by atoms with Gasteiger partial charge in [0.05, 0.1) is 6.26 Å². The Hall–Kier alpha value is -0.620. The van der Waals surface area contributed by atoms with Crippen LogP contribution in [0.2, 0.25) is 0 Å². The van der Waals surface area contributed by atoms with Gasteiger partial charge in [0.25, 0.3) is 0 Å². The van der Waals surface area contributed by atoms with E-state index in [2.05, 4.69) is 0 Å². The first-order chi connectivity index (χ1) is 5.91. The minimum absolute atomic E-state index is 0.0384. The van der Waals surface area contributed by atoms with E-state index in [1.54, 1.807) is 0 Å². The van der Waals surface area contributed by atoms with Crippen LogP contribution in [0.5, 0.6) is 0 Å². The molecule has 1 N–H and O–H groups in total. The zero-order chi connectivity index (χ0) is 10.1. The van der Waals surface area contributed by atoms with E-state index >= 15 is 0 Å². The number of carboxylic acid groups (broad SMARTS) is 1. The topological polar surface area (TPSA) is 74.7 Å². The highest BCUT2D eigenvalue weighted by atomic mass is 32.2. The Morgan fingerprint density at radius 3 is 2.54 bits per heavy atom. The molecule has 0 spiro atoms. The van der Waals surface area contributed by atoms with Gasteiger partial charge in [0, 0.05) is 19.0 Å². The lowest BCUT2D eigenvalue weighted by atomic mass is 10.0. The van der Waals surface area contributed by atoms with Gasteiger partial charge >= 0.3 is 5.97 Å². The van der Waals surface area contributed by atoms with Gasteiger partial charge in [0.15, 0.2) is 0 Å². The summed E-state index contributed by atoms with van der Waals surface area (Å²) in [5, 5.41) is 8.40. The number of sulfonamides is 1. The molecule has 0 aromatic rings. The lowest BCUT2D eigenvalue weighted by molar-refractivity contribution is -0.137. The predicted molar refractivity (Wildman–Crippen MR) is 46.8 cm³/mol. The van der Waals surface area contributed by atoms with Gasteiger partial charge in [0.1, 0.15) is 0 Å². The molecule has 0 amide bonds. The molecule has 6 heteroatoms. The third-order valence-electron chi connectivity index (χ3n) is 2.21. The van der Waals surface area contributed by atoms with Crippen LogP contribution >= 0.6 is 0 Å². The third kappa shape index (κ3) is 2.67. The highest BCUT2D eigenvalue weighted by Crippen LogP contribution is 2.24. The molecule has 1 fully saturated rings. The Morgan fingerprint density at radius 1 is 1.62 bits per heavy atom. The fourth-order valence-electron chi connectivity index (χ4n) is 1.43. The average molecular weight is 207 g/mol. The Balaban J connectivity index is 2.42. The van der Waals surface area contributed by atoms with E-state index in [9.17, 15) is 13.2 Å². The number of carbonyl (C=O) groups is 1. The van der Waals surface area contributed by atoms with Crippen LogP contribution in [0.4, 0.5) is 0 Å². The summed E-state index contributed by atoms with van der Waals surface area (Å²) in [6.45, 7) is 0.531.